The highest BCUT2D eigenvalue weighted by molar-refractivity contribution is 6.30. The van der Waals surface area contributed by atoms with E-state index < -0.39 is 0 Å². The van der Waals surface area contributed by atoms with Crippen molar-refractivity contribution in [3.8, 4) is 17.3 Å². The molecule has 84 valence electrons. The number of oxime groups is 1. The van der Waals surface area contributed by atoms with Crippen LogP contribution in [0, 0.1) is 11.3 Å². The van der Waals surface area contributed by atoms with Gasteiger partial charge in [-0.05, 0) is 23.8 Å². The molecule has 0 saturated carbocycles. The van der Waals surface area contributed by atoms with E-state index in [2.05, 4.69) is 16.2 Å². The lowest BCUT2D eigenvalue weighted by atomic mass is 10.1. The number of hydrogen-bond acceptors (Lipinski definition) is 3. The van der Waals surface area contributed by atoms with E-state index in [1.54, 1.807) is 18.2 Å². The van der Waals surface area contributed by atoms with Crippen molar-refractivity contribution in [3.63, 3.8) is 0 Å². The molecule has 0 aliphatic heterocycles. The Morgan fingerprint density at radius 3 is 2.65 bits per heavy atom. The van der Waals surface area contributed by atoms with Gasteiger partial charge >= 0.3 is 0 Å². The zero-order valence-corrected chi connectivity index (χ0v) is 9.44. The van der Waals surface area contributed by atoms with Crippen LogP contribution in [0.25, 0.3) is 11.3 Å². The van der Waals surface area contributed by atoms with Crippen LogP contribution in [0.15, 0.2) is 35.5 Å². The zero-order chi connectivity index (χ0) is 12.3. The summed E-state index contributed by atoms with van der Waals surface area (Å²) < 4.78 is 0. The molecule has 17 heavy (non-hydrogen) atoms. The van der Waals surface area contributed by atoms with Crippen LogP contribution in [0.5, 0.6) is 0 Å². The van der Waals surface area contributed by atoms with Crippen molar-refractivity contribution in [1.82, 2.24) is 4.98 Å². The minimum Gasteiger partial charge on any atom is -0.411 e. The van der Waals surface area contributed by atoms with Crippen molar-refractivity contribution in [2.24, 2.45) is 5.16 Å². The summed E-state index contributed by atoms with van der Waals surface area (Å²) in [6, 6.07) is 10.8. The molecule has 2 aromatic rings. The minimum absolute atomic E-state index is 0.488. The van der Waals surface area contributed by atoms with Crippen LogP contribution >= 0.6 is 11.6 Å². The second-order valence-corrected chi connectivity index (χ2v) is 3.81. The maximum absolute atomic E-state index is 9.01. The van der Waals surface area contributed by atoms with Crippen LogP contribution < -0.4 is 0 Å². The maximum Gasteiger partial charge on any atom is 0.101 e. The molecule has 0 unspecified atom stereocenters. The summed E-state index contributed by atoms with van der Waals surface area (Å²) in [6.07, 6.45) is 1.24. The Bertz CT molecular complexity index is 593. The Balaban J connectivity index is 2.51. The quantitative estimate of drug-likeness (QED) is 0.485. The van der Waals surface area contributed by atoms with Gasteiger partial charge in [-0.1, -0.05) is 28.9 Å². The third-order valence-corrected chi connectivity index (χ3v) is 2.54. The van der Waals surface area contributed by atoms with Gasteiger partial charge in [0.1, 0.15) is 6.07 Å². The normalized spacial score (nSPS) is 10.6. The summed E-state index contributed by atoms with van der Waals surface area (Å²) in [7, 11) is 0. The first kappa shape index (κ1) is 11.2. The van der Waals surface area contributed by atoms with E-state index in [0.717, 1.165) is 5.56 Å². The first-order valence-electron chi connectivity index (χ1n) is 4.81. The lowest BCUT2D eigenvalue weighted by molar-refractivity contribution is 0.321. The monoisotopic (exact) mass is 245 g/mol. The Morgan fingerprint density at radius 1 is 1.35 bits per heavy atom. The molecule has 0 bridgehead atoms. The van der Waals surface area contributed by atoms with Gasteiger partial charge in [0.2, 0.25) is 0 Å². The van der Waals surface area contributed by atoms with Crippen molar-refractivity contribution in [2.75, 3.05) is 0 Å². The Morgan fingerprint density at radius 2 is 2.06 bits per heavy atom. The summed E-state index contributed by atoms with van der Waals surface area (Å²) in [5, 5.41) is 21.0. The first-order chi connectivity index (χ1) is 8.24. The van der Waals surface area contributed by atoms with E-state index in [-0.39, 0.29) is 0 Å². The minimum atomic E-state index is 0.488. The highest BCUT2D eigenvalue weighted by atomic mass is 35.5. The number of hydrogen-bond donors (Lipinski definition) is 2. The number of H-pyrrole nitrogens is 1. The Labute approximate surface area is 103 Å². The number of aromatic nitrogens is 1. The summed E-state index contributed by atoms with van der Waals surface area (Å²) in [6.45, 7) is 0. The van der Waals surface area contributed by atoms with Gasteiger partial charge in [0.15, 0.2) is 0 Å². The smallest absolute Gasteiger partial charge is 0.101 e. The molecular weight excluding hydrogens is 238 g/mol. The molecule has 0 aliphatic carbocycles. The molecular formula is C12H8ClN3O. The summed E-state index contributed by atoms with van der Waals surface area (Å²) in [5.41, 5.74) is 2.58. The van der Waals surface area contributed by atoms with Gasteiger partial charge in [-0.2, -0.15) is 5.26 Å². The number of benzene rings is 1. The van der Waals surface area contributed by atoms with Crippen LogP contribution in [0.1, 0.15) is 11.3 Å². The fraction of sp³-hybridized carbons (Fsp3) is 0. The van der Waals surface area contributed by atoms with Gasteiger partial charge in [0.25, 0.3) is 0 Å². The number of rotatable bonds is 2. The lowest BCUT2D eigenvalue weighted by Crippen LogP contribution is -1.82. The van der Waals surface area contributed by atoms with Gasteiger partial charge in [-0.25, -0.2) is 0 Å². The fourth-order valence-electron chi connectivity index (χ4n) is 1.54. The molecule has 0 radical (unpaired) electrons. The summed E-state index contributed by atoms with van der Waals surface area (Å²) >= 11 is 5.80. The average Bonchev–Trinajstić information content (AvgIpc) is 2.74. The predicted molar refractivity (Wildman–Crippen MR) is 65.3 cm³/mol. The molecule has 0 saturated heterocycles. The van der Waals surface area contributed by atoms with E-state index >= 15 is 0 Å². The molecule has 1 aromatic carbocycles. The molecule has 2 rings (SSSR count). The molecule has 0 spiro atoms. The number of nitrogens with one attached hydrogen (secondary N) is 1. The van der Waals surface area contributed by atoms with Crippen LogP contribution in [-0.4, -0.2) is 16.4 Å². The van der Waals surface area contributed by atoms with Crippen LogP contribution in [0.3, 0.4) is 0 Å². The summed E-state index contributed by atoms with van der Waals surface area (Å²) in [4.78, 5) is 2.99. The Kier molecular flexibility index (Phi) is 3.12. The van der Waals surface area contributed by atoms with Crippen molar-refractivity contribution in [3.05, 3.63) is 46.6 Å². The predicted octanol–water partition coefficient (Wildman–Crippen LogP) is 3.01. The average molecular weight is 246 g/mol. The van der Waals surface area contributed by atoms with Crippen molar-refractivity contribution in [1.29, 1.82) is 5.26 Å². The van der Waals surface area contributed by atoms with Crippen LogP contribution in [0.2, 0.25) is 5.02 Å². The van der Waals surface area contributed by atoms with Crippen molar-refractivity contribution in [2.45, 2.75) is 0 Å². The molecule has 0 amide bonds. The molecule has 0 fully saturated rings. The van der Waals surface area contributed by atoms with E-state index in [9.17, 15) is 0 Å². The molecule has 5 heteroatoms. The fourth-order valence-corrected chi connectivity index (χ4v) is 1.67. The van der Waals surface area contributed by atoms with E-state index in [0.29, 0.717) is 22.0 Å². The highest BCUT2D eigenvalue weighted by Gasteiger charge is 2.08. The Hall–Kier alpha value is -2.25. The largest absolute Gasteiger partial charge is 0.411 e. The van der Waals surface area contributed by atoms with Gasteiger partial charge in [0.05, 0.1) is 23.2 Å². The third-order valence-electron chi connectivity index (χ3n) is 2.29. The van der Waals surface area contributed by atoms with E-state index in [1.807, 2.05) is 12.1 Å². The lowest BCUT2D eigenvalue weighted by Gasteiger charge is -1.99. The zero-order valence-electron chi connectivity index (χ0n) is 8.68. The topological polar surface area (TPSA) is 72.2 Å². The number of nitriles is 1. The second-order valence-electron chi connectivity index (χ2n) is 3.38. The number of aromatic amines is 1. The molecule has 1 heterocycles. The second kappa shape index (κ2) is 4.73. The molecule has 2 N–H and O–H groups in total. The van der Waals surface area contributed by atoms with Crippen molar-refractivity contribution >= 4 is 17.8 Å². The molecule has 4 nitrogen and oxygen atoms in total. The van der Waals surface area contributed by atoms with Crippen LogP contribution in [-0.2, 0) is 0 Å². The van der Waals surface area contributed by atoms with E-state index in [4.69, 9.17) is 22.1 Å². The maximum atomic E-state index is 9.01. The van der Waals surface area contributed by atoms with Gasteiger partial charge in [-0.3, -0.25) is 0 Å². The van der Waals surface area contributed by atoms with Gasteiger partial charge in [-0.15, -0.1) is 0 Å². The highest BCUT2D eigenvalue weighted by Crippen LogP contribution is 2.24. The van der Waals surface area contributed by atoms with Crippen LogP contribution in [0.4, 0.5) is 0 Å². The number of halogens is 1. The SMILES string of the molecule is N#Cc1cc(C=NO)[nH]c1-c1ccc(Cl)cc1. The van der Waals surface area contributed by atoms with Crippen molar-refractivity contribution < 1.29 is 5.21 Å². The van der Waals surface area contributed by atoms with Gasteiger partial charge < -0.3 is 10.2 Å². The first-order valence-corrected chi connectivity index (χ1v) is 5.19. The molecule has 1 aromatic heterocycles. The standard InChI is InChI=1S/C12H8ClN3O/c13-10-3-1-8(2-4-10)12-9(6-14)5-11(16-12)7-15-17/h1-5,7,16-17H. The third kappa shape index (κ3) is 2.30. The van der Waals surface area contributed by atoms with E-state index in [1.165, 1.54) is 6.21 Å². The van der Waals surface area contributed by atoms with Gasteiger partial charge in [0, 0.05) is 5.02 Å². The summed E-state index contributed by atoms with van der Waals surface area (Å²) in [5.74, 6) is 0. The molecule has 0 aliphatic rings. The number of nitrogens with zero attached hydrogens (tertiary/aromatic N) is 2. The molecule has 0 atom stereocenters.